The zero-order valence-electron chi connectivity index (χ0n) is 16.0. The summed E-state index contributed by atoms with van der Waals surface area (Å²) in [4.78, 5) is 11.3. The van der Waals surface area contributed by atoms with Gasteiger partial charge in [0.15, 0.2) is 9.84 Å². The van der Waals surface area contributed by atoms with Gasteiger partial charge in [0.1, 0.15) is 0 Å². The average molecular weight is 407 g/mol. The Bertz CT molecular complexity index is 1160. The number of benzene rings is 1. The minimum absolute atomic E-state index is 0.0265. The Morgan fingerprint density at radius 3 is 2.72 bits per heavy atom. The van der Waals surface area contributed by atoms with Gasteiger partial charge in [-0.15, -0.1) is 0 Å². The molecule has 0 aliphatic carbocycles. The molecule has 3 aromatic rings. The first kappa shape index (κ1) is 18.3. The van der Waals surface area contributed by atoms with E-state index in [4.69, 9.17) is 4.74 Å². The van der Waals surface area contributed by atoms with Crippen LogP contribution in [0.4, 0.5) is 0 Å². The molecule has 1 saturated heterocycles. The van der Waals surface area contributed by atoms with E-state index in [0.717, 1.165) is 22.4 Å². The Morgan fingerprint density at radius 1 is 1.07 bits per heavy atom. The highest BCUT2D eigenvalue weighted by Gasteiger charge is 2.50. The minimum atomic E-state index is -3.33. The number of ether oxygens (including phenoxy) is 1. The number of methoxy groups -OCH3 is 1. The molecule has 0 N–H and O–H groups in total. The van der Waals surface area contributed by atoms with E-state index in [0.29, 0.717) is 30.4 Å². The van der Waals surface area contributed by atoms with Crippen LogP contribution >= 0.6 is 0 Å². The van der Waals surface area contributed by atoms with Gasteiger partial charge in [-0.2, -0.15) is 0 Å². The van der Waals surface area contributed by atoms with Crippen LogP contribution in [0.5, 0.6) is 5.88 Å². The van der Waals surface area contributed by atoms with E-state index in [1.54, 1.807) is 25.6 Å². The Kier molecular flexibility index (Phi) is 4.37. The van der Waals surface area contributed by atoms with Gasteiger partial charge in [0.25, 0.3) is 0 Å². The van der Waals surface area contributed by atoms with Crippen molar-refractivity contribution in [2.45, 2.75) is 22.6 Å². The molecule has 2 aliphatic rings. The van der Waals surface area contributed by atoms with E-state index in [1.165, 1.54) is 0 Å². The fourth-order valence-electron chi connectivity index (χ4n) is 4.52. The normalized spacial score (nSPS) is 22.2. The zero-order valence-corrected chi connectivity index (χ0v) is 16.8. The number of fused-ring (bicyclic) bond motifs is 3. The van der Waals surface area contributed by atoms with Gasteiger partial charge in [-0.1, -0.05) is 12.1 Å². The summed E-state index contributed by atoms with van der Waals surface area (Å²) in [6, 6.07) is 15.2. The molecule has 7 heteroatoms. The zero-order chi connectivity index (χ0) is 20.0. The Balaban J connectivity index is 1.50. The first-order chi connectivity index (χ1) is 14.1. The summed E-state index contributed by atoms with van der Waals surface area (Å²) in [5.41, 5.74) is 3.65. The Morgan fingerprint density at radius 2 is 1.93 bits per heavy atom. The second-order valence-electron chi connectivity index (χ2n) is 7.52. The van der Waals surface area contributed by atoms with E-state index in [2.05, 4.69) is 14.9 Å². The van der Waals surface area contributed by atoms with Crippen LogP contribution in [0.2, 0.25) is 0 Å². The van der Waals surface area contributed by atoms with Gasteiger partial charge in [0, 0.05) is 43.5 Å². The lowest BCUT2D eigenvalue weighted by molar-refractivity contribution is 0.321. The molecule has 0 radical (unpaired) electrons. The summed E-state index contributed by atoms with van der Waals surface area (Å²) >= 11 is 0. The predicted molar refractivity (Wildman–Crippen MR) is 109 cm³/mol. The molecule has 0 unspecified atom stereocenters. The van der Waals surface area contributed by atoms with Crippen LogP contribution < -0.4 is 4.74 Å². The van der Waals surface area contributed by atoms with Crippen molar-refractivity contribution in [1.82, 2.24) is 14.9 Å². The third-order valence-electron chi connectivity index (χ3n) is 5.84. The number of aromatic nitrogens is 2. The number of likely N-dealkylation sites (tertiary alicyclic amines) is 1. The van der Waals surface area contributed by atoms with Crippen molar-refractivity contribution in [3.8, 4) is 17.0 Å². The maximum atomic E-state index is 13.2. The van der Waals surface area contributed by atoms with Crippen molar-refractivity contribution in [1.29, 1.82) is 0 Å². The first-order valence-corrected chi connectivity index (χ1v) is 11.1. The molecule has 1 aromatic carbocycles. The van der Waals surface area contributed by atoms with Gasteiger partial charge in [-0.05, 0) is 47.5 Å². The van der Waals surface area contributed by atoms with Crippen molar-refractivity contribution >= 4 is 9.84 Å². The summed E-state index contributed by atoms with van der Waals surface area (Å²) in [6.45, 7) is 1.90. The van der Waals surface area contributed by atoms with E-state index in [9.17, 15) is 8.42 Å². The Hall–Kier alpha value is -2.77. The van der Waals surface area contributed by atoms with E-state index in [-0.39, 0.29) is 5.92 Å². The van der Waals surface area contributed by atoms with Gasteiger partial charge in [0.05, 0.1) is 22.9 Å². The second kappa shape index (κ2) is 6.93. The fraction of sp³-hybridized carbons (Fsp3) is 0.273. The molecule has 5 rings (SSSR count). The second-order valence-corrected chi connectivity index (χ2v) is 9.65. The molecule has 6 nitrogen and oxygen atoms in total. The van der Waals surface area contributed by atoms with Crippen molar-refractivity contribution in [2.24, 2.45) is 0 Å². The highest BCUT2D eigenvalue weighted by molar-refractivity contribution is 7.92. The van der Waals surface area contributed by atoms with Gasteiger partial charge >= 0.3 is 0 Å². The predicted octanol–water partition coefficient (Wildman–Crippen LogP) is 2.91. The molecule has 2 aromatic heterocycles. The van der Waals surface area contributed by atoms with Crippen LogP contribution in [0.25, 0.3) is 11.1 Å². The van der Waals surface area contributed by atoms with Crippen molar-refractivity contribution < 1.29 is 13.2 Å². The van der Waals surface area contributed by atoms with Crippen LogP contribution in [0.3, 0.4) is 0 Å². The topological polar surface area (TPSA) is 72.4 Å². The quantitative estimate of drug-likeness (QED) is 0.662. The molecule has 4 heterocycles. The number of rotatable bonds is 4. The van der Waals surface area contributed by atoms with Crippen molar-refractivity contribution in [2.75, 3.05) is 20.2 Å². The average Bonchev–Trinajstić information content (AvgIpc) is 3.26. The smallest absolute Gasteiger partial charge is 0.221 e. The van der Waals surface area contributed by atoms with Crippen LogP contribution in [0.1, 0.15) is 17.2 Å². The summed E-state index contributed by atoms with van der Waals surface area (Å²) in [5.74, 6) is 0.509. The van der Waals surface area contributed by atoms with E-state index >= 15 is 0 Å². The molecule has 0 amide bonds. The van der Waals surface area contributed by atoms with Gasteiger partial charge in [-0.25, -0.2) is 13.4 Å². The van der Waals surface area contributed by atoms with Gasteiger partial charge in [0.2, 0.25) is 5.88 Å². The van der Waals surface area contributed by atoms with E-state index < -0.39 is 15.1 Å². The van der Waals surface area contributed by atoms with Crippen molar-refractivity contribution in [3.63, 3.8) is 0 Å². The number of hydrogen-bond donors (Lipinski definition) is 0. The number of sulfone groups is 1. The lowest BCUT2D eigenvalue weighted by Gasteiger charge is -2.17. The summed E-state index contributed by atoms with van der Waals surface area (Å²) in [5, 5.41) is -0.396. The highest BCUT2D eigenvalue weighted by atomic mass is 32.2. The maximum absolute atomic E-state index is 13.2. The molecule has 1 fully saturated rings. The van der Waals surface area contributed by atoms with Crippen LogP contribution in [-0.2, 0) is 16.4 Å². The van der Waals surface area contributed by atoms with E-state index in [1.807, 2.05) is 42.5 Å². The number of pyridine rings is 2. The maximum Gasteiger partial charge on any atom is 0.221 e. The third-order valence-corrected chi connectivity index (χ3v) is 8.10. The summed E-state index contributed by atoms with van der Waals surface area (Å²) in [7, 11) is -1.74. The van der Waals surface area contributed by atoms with Crippen LogP contribution in [0.15, 0.2) is 65.8 Å². The van der Waals surface area contributed by atoms with Crippen LogP contribution in [0, 0.1) is 0 Å². The monoisotopic (exact) mass is 407 g/mol. The molecule has 148 valence electrons. The molecule has 2 atom stereocenters. The standard InChI is InChI=1S/C22H21N3O3S/c1-28-22-17(6-4-10-24-22)15-7-8-20-18(11-15)19-13-25(14-21(19)29(20,26)27)12-16-5-2-3-9-23-16/h2-11,19,21H,12-14H2,1H3/t19-,21+/m1/s1. The summed E-state index contributed by atoms with van der Waals surface area (Å²) in [6.07, 6.45) is 3.45. The molecule has 2 aliphatic heterocycles. The lowest BCUT2D eigenvalue weighted by Crippen LogP contribution is -2.26. The first-order valence-electron chi connectivity index (χ1n) is 9.57. The SMILES string of the molecule is COc1ncccc1-c1ccc2c(c1)[C@H]1CN(Cc3ccccn3)C[C@@H]1S2(=O)=O. The molecule has 29 heavy (non-hydrogen) atoms. The molecular weight excluding hydrogens is 386 g/mol. The minimum Gasteiger partial charge on any atom is -0.481 e. The molecule has 0 bridgehead atoms. The molecule has 0 spiro atoms. The molecular formula is C22H21N3O3S. The Labute approximate surface area is 170 Å². The number of nitrogens with zero attached hydrogens (tertiary/aromatic N) is 3. The van der Waals surface area contributed by atoms with Gasteiger partial charge in [-0.3, -0.25) is 9.88 Å². The highest BCUT2D eigenvalue weighted by Crippen LogP contribution is 2.46. The lowest BCUT2D eigenvalue weighted by atomic mass is 9.95. The van der Waals surface area contributed by atoms with Gasteiger partial charge < -0.3 is 4.74 Å². The van der Waals surface area contributed by atoms with Crippen LogP contribution in [-0.4, -0.2) is 48.7 Å². The third kappa shape index (κ3) is 3.01. The largest absolute Gasteiger partial charge is 0.481 e. The summed E-state index contributed by atoms with van der Waals surface area (Å²) < 4.78 is 31.7. The fourth-order valence-corrected chi connectivity index (χ4v) is 6.71. The molecule has 0 saturated carbocycles. The van der Waals surface area contributed by atoms with Crippen molar-refractivity contribution in [3.05, 3.63) is 72.2 Å². The number of hydrogen-bond acceptors (Lipinski definition) is 6.